The van der Waals surface area contributed by atoms with E-state index in [9.17, 15) is 0 Å². The normalized spacial score (nSPS) is 19.7. The summed E-state index contributed by atoms with van der Waals surface area (Å²) in [7, 11) is 0. The second-order valence-electron chi connectivity index (χ2n) is 1.85. The highest BCUT2D eigenvalue weighted by Gasteiger charge is 2.12. The molecule has 0 aromatic rings. The summed E-state index contributed by atoms with van der Waals surface area (Å²) in [6, 6.07) is 0. The lowest BCUT2D eigenvalue weighted by molar-refractivity contribution is 0.930. The van der Waals surface area contributed by atoms with Gasteiger partial charge in [-0.15, -0.1) is 0 Å². The zero-order chi connectivity index (χ0) is 5.28. The van der Waals surface area contributed by atoms with Gasteiger partial charge in [0.1, 0.15) is 0 Å². The van der Waals surface area contributed by atoms with Crippen molar-refractivity contribution in [2.75, 3.05) is 0 Å². The van der Waals surface area contributed by atoms with Gasteiger partial charge in [0.2, 0.25) is 0 Å². The van der Waals surface area contributed by atoms with Crippen LogP contribution in [0.5, 0.6) is 0 Å². The van der Waals surface area contributed by atoms with Crippen molar-refractivity contribution in [1.82, 2.24) is 0 Å². The first-order valence-electron chi connectivity index (χ1n) is 2.46. The van der Waals surface area contributed by atoms with Gasteiger partial charge >= 0.3 is 0 Å². The highest BCUT2D eigenvalue weighted by molar-refractivity contribution is 5.28. The van der Waals surface area contributed by atoms with Crippen LogP contribution in [0.4, 0.5) is 0 Å². The Balaban J connectivity index is 2.42. The molecule has 1 aliphatic carbocycles. The topological polar surface area (TPSA) is 0 Å². The van der Waals surface area contributed by atoms with Crippen molar-refractivity contribution in [1.29, 1.82) is 0 Å². The molecular formula is C7H7. The molecule has 0 bridgehead atoms. The first-order chi connectivity index (χ1) is 3.34. The van der Waals surface area contributed by atoms with Crippen LogP contribution >= 0.6 is 0 Å². The van der Waals surface area contributed by atoms with E-state index < -0.39 is 0 Å². The van der Waals surface area contributed by atoms with Crippen LogP contribution < -0.4 is 0 Å². The molecule has 0 saturated heterocycles. The minimum Gasteiger partial charge on any atom is -0.0815 e. The van der Waals surface area contributed by atoms with E-state index in [4.69, 9.17) is 6.42 Å². The molecule has 0 aliphatic heterocycles. The first-order valence-corrected chi connectivity index (χ1v) is 2.46. The molecule has 0 fully saturated rings. The summed E-state index contributed by atoms with van der Waals surface area (Å²) in [6.07, 6.45) is 9.94. The van der Waals surface area contributed by atoms with Gasteiger partial charge in [0.25, 0.3) is 0 Å². The third-order valence-corrected chi connectivity index (χ3v) is 1.21. The molecule has 7 heavy (non-hydrogen) atoms. The molecule has 1 rings (SSSR count). The average Bonchev–Trinajstić information content (AvgIpc) is 2.44. The summed E-state index contributed by atoms with van der Waals surface area (Å²) in [6.45, 7) is 1.99. The maximum Gasteiger partial charge on any atom is 0.0397 e. The van der Waals surface area contributed by atoms with E-state index in [2.05, 4.69) is 12.0 Å². The fraction of sp³-hybridized carbons (Fsp3) is 0.429. The van der Waals surface area contributed by atoms with Crippen LogP contribution in [0.1, 0.15) is 13.3 Å². The summed E-state index contributed by atoms with van der Waals surface area (Å²) < 4.78 is 0. The molecule has 0 heterocycles. The summed E-state index contributed by atoms with van der Waals surface area (Å²) in [5, 5.41) is 0. The molecule has 0 N–H and O–H groups in total. The van der Waals surface area contributed by atoms with E-state index in [1.165, 1.54) is 5.57 Å². The van der Waals surface area contributed by atoms with Gasteiger partial charge in [-0.2, -0.15) is 0 Å². The Morgan fingerprint density at radius 1 is 2.00 bits per heavy atom. The van der Waals surface area contributed by atoms with Gasteiger partial charge < -0.3 is 0 Å². The Labute approximate surface area is 44.2 Å². The Hall–Kier alpha value is -0.700. The van der Waals surface area contributed by atoms with Crippen molar-refractivity contribution in [3.05, 3.63) is 18.1 Å². The molecule has 0 saturated carbocycles. The van der Waals surface area contributed by atoms with Crippen molar-refractivity contribution in [2.24, 2.45) is 5.92 Å². The van der Waals surface area contributed by atoms with Crippen LogP contribution in [-0.4, -0.2) is 0 Å². The Morgan fingerprint density at radius 3 is 2.71 bits per heavy atom. The Bertz CT molecular complexity index is 135. The molecule has 0 aromatic carbocycles. The summed E-state index contributed by atoms with van der Waals surface area (Å²) in [5.41, 5.74) is 1.37. The van der Waals surface area contributed by atoms with Crippen LogP contribution in [0.25, 0.3) is 0 Å². The molecule has 0 aromatic heterocycles. The van der Waals surface area contributed by atoms with E-state index >= 15 is 0 Å². The molecule has 35 valence electrons. The van der Waals surface area contributed by atoms with Crippen LogP contribution in [0, 0.1) is 18.3 Å². The second kappa shape index (κ2) is 1.42. The third-order valence-electron chi connectivity index (χ3n) is 1.21. The van der Waals surface area contributed by atoms with E-state index in [1.54, 1.807) is 0 Å². The maximum absolute atomic E-state index is 6.69. The number of hydrogen-bond acceptors (Lipinski definition) is 0. The summed E-state index contributed by atoms with van der Waals surface area (Å²) in [5.74, 6) is 2.70. The number of rotatable bonds is 1. The summed E-state index contributed by atoms with van der Waals surface area (Å²) in [4.78, 5) is 0. The van der Waals surface area contributed by atoms with E-state index in [0.29, 0.717) is 5.92 Å². The van der Waals surface area contributed by atoms with Gasteiger partial charge in [-0.05, 0) is 19.8 Å². The second-order valence-corrected chi connectivity index (χ2v) is 1.85. The fourth-order valence-electron chi connectivity index (χ4n) is 0.505. The van der Waals surface area contributed by atoms with Gasteiger partial charge in [0.05, 0.1) is 0 Å². The Morgan fingerprint density at radius 2 is 2.57 bits per heavy atom. The standard InChI is InChI=1S/C7H7/c1-3-6(2)7-4-5-7/h4,6H,5H2,2H3. The van der Waals surface area contributed by atoms with E-state index in [-0.39, 0.29) is 0 Å². The SMILES string of the molecule is [C]#CC(C)C1=CC1. The maximum atomic E-state index is 6.69. The Kier molecular flexibility index (Phi) is 0.906. The van der Waals surface area contributed by atoms with Crippen molar-refractivity contribution in [3.8, 4) is 5.92 Å². The van der Waals surface area contributed by atoms with Crippen molar-refractivity contribution < 1.29 is 0 Å². The van der Waals surface area contributed by atoms with E-state index in [0.717, 1.165) is 6.42 Å². The molecule has 1 radical (unpaired) electrons. The molecule has 1 atom stereocenters. The number of hydrogen-bond donors (Lipinski definition) is 0. The zero-order valence-corrected chi connectivity index (χ0v) is 4.36. The van der Waals surface area contributed by atoms with Crippen LogP contribution in [0.15, 0.2) is 11.6 Å². The molecule has 0 nitrogen and oxygen atoms in total. The van der Waals surface area contributed by atoms with Gasteiger partial charge in [0.15, 0.2) is 0 Å². The van der Waals surface area contributed by atoms with Crippen LogP contribution in [-0.2, 0) is 0 Å². The minimum atomic E-state index is 0.292. The van der Waals surface area contributed by atoms with Gasteiger partial charge in [0, 0.05) is 5.92 Å². The predicted octanol–water partition coefficient (Wildman–Crippen LogP) is 1.54. The van der Waals surface area contributed by atoms with Crippen LogP contribution in [0.3, 0.4) is 0 Å². The smallest absolute Gasteiger partial charge is 0.0397 e. The highest BCUT2D eigenvalue weighted by Crippen LogP contribution is 2.26. The quantitative estimate of drug-likeness (QED) is 0.339. The lowest BCUT2D eigenvalue weighted by Gasteiger charge is -1.89. The molecule has 0 heteroatoms. The van der Waals surface area contributed by atoms with Gasteiger partial charge in [-0.3, -0.25) is 0 Å². The molecule has 1 unspecified atom stereocenters. The van der Waals surface area contributed by atoms with Crippen molar-refractivity contribution >= 4 is 0 Å². The minimum absolute atomic E-state index is 0.292. The van der Waals surface area contributed by atoms with Crippen molar-refractivity contribution in [3.63, 3.8) is 0 Å². The zero-order valence-electron chi connectivity index (χ0n) is 4.36. The van der Waals surface area contributed by atoms with Gasteiger partial charge in [-0.1, -0.05) is 17.6 Å². The monoisotopic (exact) mass is 91.1 g/mol. The molecule has 1 aliphatic rings. The lowest BCUT2D eigenvalue weighted by Crippen LogP contribution is -1.82. The molecule has 0 spiro atoms. The average molecular weight is 91.1 g/mol. The van der Waals surface area contributed by atoms with E-state index in [1.807, 2.05) is 6.92 Å². The van der Waals surface area contributed by atoms with Crippen LogP contribution in [0.2, 0.25) is 0 Å². The molecular weight excluding hydrogens is 84.1 g/mol. The summed E-state index contributed by atoms with van der Waals surface area (Å²) >= 11 is 0. The van der Waals surface area contributed by atoms with Gasteiger partial charge in [-0.25, -0.2) is 0 Å². The highest BCUT2D eigenvalue weighted by atomic mass is 14.2. The van der Waals surface area contributed by atoms with Crippen molar-refractivity contribution in [2.45, 2.75) is 13.3 Å². The number of allylic oxidation sites excluding steroid dienone is 2. The molecule has 0 amide bonds. The predicted molar refractivity (Wildman–Crippen MR) is 29.0 cm³/mol. The first kappa shape index (κ1) is 4.46. The lowest BCUT2D eigenvalue weighted by atomic mass is 10.1. The largest absolute Gasteiger partial charge is 0.0815 e. The third kappa shape index (κ3) is 0.838. The fourth-order valence-corrected chi connectivity index (χ4v) is 0.505.